The molecule has 5 rings (SSSR count). The average molecular weight is 361 g/mol. The second kappa shape index (κ2) is 5.80. The first-order chi connectivity index (χ1) is 13.2. The number of pyridine rings is 1. The molecule has 4 heterocycles. The van der Waals surface area contributed by atoms with Crippen LogP contribution in [0.15, 0.2) is 30.6 Å². The molecule has 0 saturated heterocycles. The van der Waals surface area contributed by atoms with Crippen molar-refractivity contribution in [2.75, 3.05) is 11.4 Å². The number of H-pyrrole nitrogens is 1. The number of nitrogens with one attached hydrogen (secondary N) is 1. The molecule has 0 amide bonds. The number of aromatic nitrogens is 6. The fourth-order valence-electron chi connectivity index (χ4n) is 3.79. The van der Waals surface area contributed by atoms with Gasteiger partial charge in [-0.2, -0.15) is 0 Å². The molecule has 0 saturated carbocycles. The Morgan fingerprint density at radius 2 is 2.11 bits per heavy atom. The molecule has 0 unspecified atom stereocenters. The van der Waals surface area contributed by atoms with Crippen LogP contribution in [0.4, 0.5) is 11.6 Å². The number of imidazole rings is 1. The molecule has 1 aliphatic rings. The summed E-state index contributed by atoms with van der Waals surface area (Å²) in [7, 11) is 0. The number of nitrogens with zero attached hydrogens (tertiary/aromatic N) is 6. The Morgan fingerprint density at radius 3 is 2.96 bits per heavy atom. The largest absolute Gasteiger partial charge is 0.508 e. The molecule has 1 aliphatic heterocycles. The van der Waals surface area contributed by atoms with Gasteiger partial charge in [-0.15, -0.1) is 10.2 Å². The van der Waals surface area contributed by atoms with E-state index in [0.717, 1.165) is 53.7 Å². The average Bonchev–Trinajstić information content (AvgIpc) is 3.37. The summed E-state index contributed by atoms with van der Waals surface area (Å²) in [4.78, 5) is 14.0. The van der Waals surface area contributed by atoms with Crippen LogP contribution in [0.5, 0.6) is 5.75 Å². The topological polar surface area (TPSA) is 95.8 Å². The molecule has 0 bridgehead atoms. The maximum atomic E-state index is 9.91. The van der Waals surface area contributed by atoms with Crippen LogP contribution >= 0.6 is 0 Å². The first-order valence-corrected chi connectivity index (χ1v) is 8.99. The summed E-state index contributed by atoms with van der Waals surface area (Å²) in [6.45, 7) is 5.56. The molecular formula is C19H19N7O. The Balaban J connectivity index is 1.67. The number of phenolic OH excluding ortho intramolecular Hbond substituents is 1. The van der Waals surface area contributed by atoms with Gasteiger partial charge in [-0.25, -0.2) is 9.97 Å². The molecule has 0 radical (unpaired) electrons. The van der Waals surface area contributed by atoms with Gasteiger partial charge in [-0.3, -0.25) is 4.57 Å². The van der Waals surface area contributed by atoms with Crippen molar-refractivity contribution >= 4 is 22.8 Å². The van der Waals surface area contributed by atoms with Crippen molar-refractivity contribution < 1.29 is 5.11 Å². The maximum Gasteiger partial charge on any atom is 0.232 e. The zero-order valence-corrected chi connectivity index (χ0v) is 15.1. The third-order valence-corrected chi connectivity index (χ3v) is 5.02. The van der Waals surface area contributed by atoms with Crippen LogP contribution in [-0.4, -0.2) is 41.4 Å². The number of benzene rings is 1. The Kier molecular flexibility index (Phi) is 3.40. The van der Waals surface area contributed by atoms with Gasteiger partial charge >= 0.3 is 0 Å². The molecule has 27 heavy (non-hydrogen) atoms. The third kappa shape index (κ3) is 2.37. The third-order valence-electron chi connectivity index (χ3n) is 5.02. The standard InChI is InChI=1S/C19H19N7O/c1-3-25-18(14-8-11(2)22-17-16(14)20-10-21-17)23-24-19(25)26-7-6-12-4-5-13(27)9-15(12)26/h4-5,8-10,27H,3,6-7H2,1-2H3,(H,20,21,22). The monoisotopic (exact) mass is 361 g/mol. The summed E-state index contributed by atoms with van der Waals surface area (Å²) in [5.41, 5.74) is 5.54. The molecule has 1 aromatic carbocycles. The quantitative estimate of drug-likeness (QED) is 0.582. The molecule has 8 heteroatoms. The van der Waals surface area contributed by atoms with Crippen molar-refractivity contribution in [2.45, 2.75) is 26.8 Å². The second-order valence-corrected chi connectivity index (χ2v) is 6.69. The van der Waals surface area contributed by atoms with Gasteiger partial charge in [0.15, 0.2) is 11.5 Å². The van der Waals surface area contributed by atoms with E-state index < -0.39 is 0 Å². The first-order valence-electron chi connectivity index (χ1n) is 8.99. The van der Waals surface area contributed by atoms with Crippen LogP contribution in [0.2, 0.25) is 0 Å². The summed E-state index contributed by atoms with van der Waals surface area (Å²) in [6.07, 6.45) is 2.56. The van der Waals surface area contributed by atoms with Crippen LogP contribution in [0, 0.1) is 6.92 Å². The Hall–Kier alpha value is -3.42. The van der Waals surface area contributed by atoms with Crippen molar-refractivity contribution in [1.29, 1.82) is 0 Å². The van der Waals surface area contributed by atoms with Gasteiger partial charge in [0.05, 0.1) is 17.5 Å². The number of hydrogen-bond acceptors (Lipinski definition) is 6. The van der Waals surface area contributed by atoms with E-state index in [0.29, 0.717) is 5.65 Å². The Bertz CT molecular complexity index is 1160. The van der Waals surface area contributed by atoms with Crippen LogP contribution in [0.1, 0.15) is 18.2 Å². The van der Waals surface area contributed by atoms with E-state index in [2.05, 4.69) is 41.5 Å². The van der Waals surface area contributed by atoms with E-state index in [-0.39, 0.29) is 5.75 Å². The number of aromatic amines is 1. The lowest BCUT2D eigenvalue weighted by molar-refractivity contribution is 0.475. The van der Waals surface area contributed by atoms with Crippen molar-refractivity contribution in [3.8, 4) is 17.1 Å². The highest BCUT2D eigenvalue weighted by Crippen LogP contribution is 2.37. The normalized spacial score (nSPS) is 13.5. The molecular weight excluding hydrogens is 342 g/mol. The fraction of sp³-hybridized carbons (Fsp3) is 0.263. The van der Waals surface area contributed by atoms with Gasteiger partial charge in [-0.05, 0) is 38.0 Å². The zero-order valence-electron chi connectivity index (χ0n) is 15.1. The van der Waals surface area contributed by atoms with Gasteiger partial charge < -0.3 is 15.0 Å². The zero-order chi connectivity index (χ0) is 18.5. The highest BCUT2D eigenvalue weighted by Gasteiger charge is 2.27. The summed E-state index contributed by atoms with van der Waals surface area (Å²) in [6, 6.07) is 7.50. The molecule has 3 aromatic heterocycles. The molecule has 136 valence electrons. The van der Waals surface area contributed by atoms with E-state index in [4.69, 9.17) is 0 Å². The van der Waals surface area contributed by atoms with Crippen molar-refractivity contribution in [3.63, 3.8) is 0 Å². The lowest BCUT2D eigenvalue weighted by atomic mass is 10.1. The number of aromatic hydroxyl groups is 1. The summed E-state index contributed by atoms with van der Waals surface area (Å²) in [5.74, 6) is 1.81. The highest BCUT2D eigenvalue weighted by molar-refractivity contribution is 5.88. The molecule has 4 aromatic rings. The van der Waals surface area contributed by atoms with Gasteiger partial charge in [-0.1, -0.05) is 6.07 Å². The van der Waals surface area contributed by atoms with Gasteiger partial charge in [0.25, 0.3) is 0 Å². The molecule has 2 N–H and O–H groups in total. The smallest absolute Gasteiger partial charge is 0.232 e. The van der Waals surface area contributed by atoms with Crippen molar-refractivity contribution in [1.82, 2.24) is 29.7 Å². The number of rotatable bonds is 3. The molecule has 0 aliphatic carbocycles. The lowest BCUT2D eigenvalue weighted by Gasteiger charge is -2.19. The van der Waals surface area contributed by atoms with E-state index >= 15 is 0 Å². The molecule has 0 fully saturated rings. The van der Waals surface area contributed by atoms with Crippen molar-refractivity contribution in [3.05, 3.63) is 41.9 Å². The minimum atomic E-state index is 0.257. The maximum absolute atomic E-state index is 9.91. The van der Waals surface area contributed by atoms with Gasteiger partial charge in [0.1, 0.15) is 5.75 Å². The number of phenols is 1. The SMILES string of the molecule is CCn1c(-c2cc(C)nc3nc[nH]c23)nnc1N1CCc2ccc(O)cc21. The second-order valence-electron chi connectivity index (χ2n) is 6.69. The minimum Gasteiger partial charge on any atom is -0.508 e. The molecule has 8 nitrogen and oxygen atoms in total. The van der Waals surface area contributed by atoms with E-state index in [1.807, 2.05) is 19.1 Å². The predicted octanol–water partition coefficient (Wildman–Crippen LogP) is 2.94. The number of aryl methyl sites for hydroxylation is 1. The summed E-state index contributed by atoms with van der Waals surface area (Å²) >= 11 is 0. The van der Waals surface area contributed by atoms with Crippen LogP contribution in [-0.2, 0) is 13.0 Å². The van der Waals surface area contributed by atoms with E-state index in [9.17, 15) is 5.11 Å². The molecule has 0 spiro atoms. The van der Waals surface area contributed by atoms with Gasteiger partial charge in [0.2, 0.25) is 5.95 Å². The first kappa shape index (κ1) is 15.8. The molecule has 0 atom stereocenters. The number of fused-ring (bicyclic) bond motifs is 2. The minimum absolute atomic E-state index is 0.257. The van der Waals surface area contributed by atoms with E-state index in [1.54, 1.807) is 18.5 Å². The van der Waals surface area contributed by atoms with Crippen molar-refractivity contribution in [2.24, 2.45) is 0 Å². The predicted molar refractivity (Wildman–Crippen MR) is 102 cm³/mol. The number of hydrogen-bond donors (Lipinski definition) is 2. The van der Waals surface area contributed by atoms with Crippen LogP contribution in [0.25, 0.3) is 22.6 Å². The Morgan fingerprint density at radius 1 is 1.22 bits per heavy atom. The van der Waals surface area contributed by atoms with Gasteiger partial charge in [0, 0.05) is 30.4 Å². The summed E-state index contributed by atoms with van der Waals surface area (Å²) < 4.78 is 2.09. The highest BCUT2D eigenvalue weighted by atomic mass is 16.3. The Labute approximate surface area is 155 Å². The van der Waals surface area contributed by atoms with E-state index in [1.165, 1.54) is 5.56 Å². The summed E-state index contributed by atoms with van der Waals surface area (Å²) in [5, 5.41) is 18.9. The van der Waals surface area contributed by atoms with Crippen LogP contribution in [0.3, 0.4) is 0 Å². The lowest BCUT2D eigenvalue weighted by Crippen LogP contribution is -2.18. The number of anilines is 2. The fourth-order valence-corrected chi connectivity index (χ4v) is 3.79. The van der Waals surface area contributed by atoms with Crippen LogP contribution < -0.4 is 4.90 Å².